The largest absolute Gasteiger partial charge is 0.493 e. The van der Waals surface area contributed by atoms with Gasteiger partial charge in [0.25, 0.3) is 0 Å². The van der Waals surface area contributed by atoms with Crippen molar-refractivity contribution in [1.29, 1.82) is 0 Å². The number of carbonyl (C=O) groups excluding carboxylic acids is 2. The van der Waals surface area contributed by atoms with Crippen molar-refractivity contribution in [2.45, 2.75) is 51.4 Å². The standard InChI is InChI=1S/C22H31NO5Si/c1-26-20-13-16(10-12-29(4,5)6)18(15-21(20)27-2)19(24)14-17-9-7-8-11-23(17)22(25)28-3/h13,15,17H,7-9,11,14H2,1-6H3/t17-/m1/s1. The Morgan fingerprint density at radius 2 is 1.76 bits per heavy atom. The Morgan fingerprint density at radius 3 is 2.34 bits per heavy atom. The molecule has 0 N–H and O–H groups in total. The summed E-state index contributed by atoms with van der Waals surface area (Å²) in [5.41, 5.74) is 4.46. The smallest absolute Gasteiger partial charge is 0.409 e. The first-order chi connectivity index (χ1) is 13.7. The average Bonchev–Trinajstić information content (AvgIpc) is 2.70. The fraction of sp³-hybridized carbons (Fsp3) is 0.545. The number of ketones is 1. The second-order valence-corrected chi connectivity index (χ2v) is 12.9. The normalized spacial score (nSPS) is 16.5. The predicted molar refractivity (Wildman–Crippen MR) is 115 cm³/mol. The fourth-order valence-corrected chi connectivity index (χ4v) is 3.87. The van der Waals surface area contributed by atoms with Gasteiger partial charge in [-0.05, 0) is 25.3 Å². The number of likely N-dealkylation sites (tertiary alicyclic amines) is 1. The zero-order valence-electron chi connectivity index (χ0n) is 18.3. The average molecular weight is 418 g/mol. The second-order valence-electron chi connectivity index (χ2n) is 8.19. The van der Waals surface area contributed by atoms with Crippen molar-refractivity contribution in [3.05, 3.63) is 23.3 Å². The molecule has 0 aromatic heterocycles. The van der Waals surface area contributed by atoms with E-state index in [-0.39, 0.29) is 24.3 Å². The van der Waals surface area contributed by atoms with E-state index in [1.54, 1.807) is 31.3 Å². The molecule has 0 radical (unpaired) electrons. The summed E-state index contributed by atoms with van der Waals surface area (Å²) in [4.78, 5) is 27.0. The van der Waals surface area contributed by atoms with Crippen LogP contribution in [0.25, 0.3) is 0 Å². The number of ether oxygens (including phenoxy) is 3. The van der Waals surface area contributed by atoms with Crippen LogP contribution < -0.4 is 9.47 Å². The van der Waals surface area contributed by atoms with E-state index in [4.69, 9.17) is 14.2 Å². The lowest BCUT2D eigenvalue weighted by Gasteiger charge is -2.34. The monoisotopic (exact) mass is 417 g/mol. The number of hydrogen-bond donors (Lipinski definition) is 0. The van der Waals surface area contributed by atoms with E-state index in [0.29, 0.717) is 29.2 Å². The number of piperidine rings is 1. The fourth-order valence-electron chi connectivity index (χ4n) is 3.36. The SMILES string of the molecule is COC(=O)N1CCCC[C@@H]1CC(=O)c1cc(OC)c(OC)cc1C#C[Si](C)(C)C. The van der Waals surface area contributed by atoms with E-state index in [1.165, 1.54) is 7.11 Å². The zero-order chi connectivity index (χ0) is 21.6. The van der Waals surface area contributed by atoms with Gasteiger partial charge in [-0.15, -0.1) is 5.54 Å². The van der Waals surface area contributed by atoms with Gasteiger partial charge in [0.1, 0.15) is 8.07 Å². The van der Waals surface area contributed by atoms with Gasteiger partial charge in [-0.2, -0.15) is 0 Å². The van der Waals surface area contributed by atoms with Gasteiger partial charge in [-0.1, -0.05) is 25.6 Å². The van der Waals surface area contributed by atoms with E-state index in [1.807, 2.05) is 0 Å². The molecule has 1 fully saturated rings. The maximum atomic E-state index is 13.3. The Kier molecular flexibility index (Phi) is 7.74. The summed E-state index contributed by atoms with van der Waals surface area (Å²) in [5, 5.41) is 0. The van der Waals surface area contributed by atoms with Crippen LogP contribution in [-0.2, 0) is 4.74 Å². The minimum Gasteiger partial charge on any atom is -0.493 e. The number of rotatable bonds is 5. The molecule has 29 heavy (non-hydrogen) atoms. The van der Waals surface area contributed by atoms with Crippen LogP contribution >= 0.6 is 0 Å². The third kappa shape index (κ3) is 6.01. The first-order valence-corrected chi connectivity index (χ1v) is 13.4. The van der Waals surface area contributed by atoms with Gasteiger partial charge in [0.15, 0.2) is 17.3 Å². The van der Waals surface area contributed by atoms with Crippen molar-refractivity contribution in [3.63, 3.8) is 0 Å². The van der Waals surface area contributed by atoms with Crippen molar-refractivity contribution in [3.8, 4) is 23.0 Å². The number of Topliss-reactive ketones (excluding diaryl/α,β-unsaturated/α-hetero) is 1. The van der Waals surface area contributed by atoms with Crippen LogP contribution in [0.2, 0.25) is 19.6 Å². The molecule has 1 heterocycles. The molecule has 0 aliphatic carbocycles. The molecule has 1 atom stereocenters. The van der Waals surface area contributed by atoms with Gasteiger partial charge in [0.05, 0.1) is 21.3 Å². The highest BCUT2D eigenvalue weighted by molar-refractivity contribution is 6.83. The number of carbonyl (C=O) groups is 2. The highest BCUT2D eigenvalue weighted by atomic mass is 28.3. The topological polar surface area (TPSA) is 65.1 Å². The lowest BCUT2D eigenvalue weighted by Crippen LogP contribution is -2.44. The highest BCUT2D eigenvalue weighted by Gasteiger charge is 2.30. The Bertz CT molecular complexity index is 819. The lowest BCUT2D eigenvalue weighted by atomic mass is 9.93. The maximum absolute atomic E-state index is 13.3. The van der Waals surface area contributed by atoms with Crippen molar-refractivity contribution in [2.75, 3.05) is 27.9 Å². The van der Waals surface area contributed by atoms with Gasteiger partial charge in [0, 0.05) is 36.2 Å². The number of nitrogens with zero attached hydrogens (tertiary/aromatic N) is 1. The van der Waals surface area contributed by atoms with E-state index in [2.05, 4.69) is 31.1 Å². The van der Waals surface area contributed by atoms with Crippen molar-refractivity contribution in [1.82, 2.24) is 4.90 Å². The van der Waals surface area contributed by atoms with Crippen molar-refractivity contribution >= 4 is 20.0 Å². The van der Waals surface area contributed by atoms with Gasteiger partial charge in [-0.3, -0.25) is 4.79 Å². The molecule has 1 aliphatic rings. The molecule has 1 aliphatic heterocycles. The molecular weight excluding hydrogens is 386 g/mol. The molecule has 7 heteroatoms. The molecule has 0 bridgehead atoms. The minimum absolute atomic E-state index is 0.0633. The molecule has 1 amide bonds. The summed E-state index contributed by atoms with van der Waals surface area (Å²) in [6, 6.07) is 3.29. The van der Waals surface area contributed by atoms with E-state index in [9.17, 15) is 9.59 Å². The minimum atomic E-state index is -1.63. The molecule has 158 valence electrons. The third-order valence-electron chi connectivity index (χ3n) is 4.85. The predicted octanol–water partition coefficient (Wildman–Crippen LogP) is 4.13. The van der Waals surface area contributed by atoms with Crippen LogP contribution in [0.15, 0.2) is 12.1 Å². The van der Waals surface area contributed by atoms with Gasteiger partial charge in [0.2, 0.25) is 0 Å². The number of amides is 1. The third-order valence-corrected chi connectivity index (χ3v) is 5.73. The molecule has 1 saturated heterocycles. The second kappa shape index (κ2) is 9.84. The summed E-state index contributed by atoms with van der Waals surface area (Å²) in [6.07, 6.45) is 2.53. The number of methoxy groups -OCH3 is 3. The van der Waals surface area contributed by atoms with Crippen LogP contribution in [0.1, 0.15) is 41.6 Å². The van der Waals surface area contributed by atoms with Gasteiger partial charge >= 0.3 is 6.09 Å². The van der Waals surface area contributed by atoms with Crippen LogP contribution in [0.5, 0.6) is 11.5 Å². The molecule has 0 saturated carbocycles. The summed E-state index contributed by atoms with van der Waals surface area (Å²) < 4.78 is 15.7. The number of benzene rings is 1. The van der Waals surface area contributed by atoms with Crippen molar-refractivity contribution < 1.29 is 23.8 Å². The molecule has 1 aromatic carbocycles. The first kappa shape index (κ1) is 22.8. The maximum Gasteiger partial charge on any atom is 0.409 e. The van der Waals surface area contributed by atoms with Gasteiger partial charge in [-0.25, -0.2) is 4.79 Å². The Morgan fingerprint density at radius 1 is 1.10 bits per heavy atom. The quantitative estimate of drug-likeness (QED) is 0.409. The van der Waals surface area contributed by atoms with E-state index in [0.717, 1.165) is 19.3 Å². The van der Waals surface area contributed by atoms with Crippen LogP contribution in [-0.4, -0.2) is 58.8 Å². The number of hydrogen-bond acceptors (Lipinski definition) is 5. The highest BCUT2D eigenvalue weighted by Crippen LogP contribution is 2.32. The summed E-state index contributed by atoms with van der Waals surface area (Å²) in [5.74, 6) is 4.16. The van der Waals surface area contributed by atoms with E-state index >= 15 is 0 Å². The first-order valence-electron chi connectivity index (χ1n) is 9.87. The summed E-state index contributed by atoms with van der Waals surface area (Å²) in [6.45, 7) is 7.06. The van der Waals surface area contributed by atoms with Crippen molar-refractivity contribution in [2.24, 2.45) is 0 Å². The Balaban J connectivity index is 2.40. The van der Waals surface area contributed by atoms with Crippen LogP contribution in [0.4, 0.5) is 4.79 Å². The molecule has 0 unspecified atom stereocenters. The Hall–Kier alpha value is -2.46. The van der Waals surface area contributed by atoms with E-state index < -0.39 is 8.07 Å². The zero-order valence-corrected chi connectivity index (χ0v) is 19.3. The molecule has 1 aromatic rings. The molecule has 0 spiro atoms. The molecular formula is C22H31NO5Si. The molecule has 6 nitrogen and oxygen atoms in total. The van der Waals surface area contributed by atoms with Crippen LogP contribution in [0.3, 0.4) is 0 Å². The Labute approximate surface area is 174 Å². The van der Waals surface area contributed by atoms with Crippen LogP contribution in [0, 0.1) is 11.5 Å². The molecule has 2 rings (SSSR count). The van der Waals surface area contributed by atoms with Gasteiger partial charge < -0.3 is 19.1 Å². The summed E-state index contributed by atoms with van der Waals surface area (Å²) in [7, 11) is 2.84. The lowest BCUT2D eigenvalue weighted by molar-refractivity contribution is 0.0769. The summed E-state index contributed by atoms with van der Waals surface area (Å²) >= 11 is 0.